The zero-order valence-corrected chi connectivity index (χ0v) is 19.3. The van der Waals surface area contributed by atoms with Gasteiger partial charge in [0.25, 0.3) is 0 Å². The van der Waals surface area contributed by atoms with Crippen LogP contribution in [0.1, 0.15) is 28.2 Å². The third-order valence-electron chi connectivity index (χ3n) is 5.10. The molecule has 11 heteroatoms. The Morgan fingerprint density at radius 1 is 1.03 bits per heavy atom. The van der Waals surface area contributed by atoms with Gasteiger partial charge in [0, 0.05) is 5.02 Å². The van der Waals surface area contributed by atoms with Gasteiger partial charge >= 0.3 is 6.18 Å². The maximum atomic E-state index is 14.1. The van der Waals surface area contributed by atoms with Crippen LogP contribution in [0.3, 0.4) is 0 Å². The van der Waals surface area contributed by atoms with E-state index in [0.717, 1.165) is 16.6 Å². The number of nitrogens with two attached hydrogens (primary N) is 1. The summed E-state index contributed by atoms with van der Waals surface area (Å²) in [5.74, 6) is -3.69. The van der Waals surface area contributed by atoms with Crippen molar-refractivity contribution in [2.45, 2.75) is 18.6 Å². The fraction of sp³-hybridized carbons (Fsp3) is 0.174. The molecule has 3 aromatic carbocycles. The summed E-state index contributed by atoms with van der Waals surface area (Å²) in [6.45, 7) is -0.0543. The van der Waals surface area contributed by atoms with Gasteiger partial charge in [0.05, 0.1) is 30.0 Å². The van der Waals surface area contributed by atoms with Crippen molar-refractivity contribution >= 4 is 33.2 Å². The van der Waals surface area contributed by atoms with Crippen molar-refractivity contribution in [3.05, 3.63) is 99.8 Å². The van der Waals surface area contributed by atoms with Crippen LogP contribution >= 0.6 is 11.6 Å². The lowest BCUT2D eigenvalue weighted by molar-refractivity contribution is -0.140. The van der Waals surface area contributed by atoms with Crippen LogP contribution in [0.4, 0.5) is 23.2 Å². The molecule has 34 heavy (non-hydrogen) atoms. The highest BCUT2D eigenvalue weighted by molar-refractivity contribution is 7.92. The number of rotatable bonds is 7. The van der Waals surface area contributed by atoms with Gasteiger partial charge in [-0.3, -0.25) is 9.10 Å². The lowest BCUT2D eigenvalue weighted by Gasteiger charge is -2.24. The van der Waals surface area contributed by atoms with Crippen LogP contribution < -0.4 is 10.0 Å². The molecular weight excluding hydrogens is 496 g/mol. The van der Waals surface area contributed by atoms with E-state index in [4.69, 9.17) is 17.3 Å². The molecule has 180 valence electrons. The lowest BCUT2D eigenvalue weighted by atomic mass is 9.90. The molecular formula is C23H19ClF4N2O3S. The minimum absolute atomic E-state index is 0.0543. The number of alkyl halides is 3. The average molecular weight is 515 g/mol. The van der Waals surface area contributed by atoms with Gasteiger partial charge in [-0.25, -0.2) is 12.8 Å². The number of hydrogen-bond acceptors (Lipinski definition) is 3. The predicted octanol–water partition coefficient (Wildman–Crippen LogP) is 5.08. The molecule has 0 bridgehead atoms. The number of carbonyl (C=O) groups is 1. The van der Waals surface area contributed by atoms with Crippen molar-refractivity contribution in [2.75, 3.05) is 10.6 Å². The first-order valence-electron chi connectivity index (χ1n) is 9.76. The number of carbonyl (C=O) groups excluding carboxylic acids is 1. The largest absolute Gasteiger partial charge is 0.419 e. The quantitative estimate of drug-likeness (QED) is 0.446. The highest BCUT2D eigenvalue weighted by Crippen LogP contribution is 2.34. The molecule has 0 spiro atoms. The lowest BCUT2D eigenvalue weighted by Crippen LogP contribution is -2.29. The smallest absolute Gasteiger partial charge is 0.369 e. The number of hydrogen-bond donors (Lipinski definition) is 1. The summed E-state index contributed by atoms with van der Waals surface area (Å²) in [5.41, 5.74) is 5.00. The van der Waals surface area contributed by atoms with Crippen molar-refractivity contribution < 1.29 is 30.8 Å². The summed E-state index contributed by atoms with van der Waals surface area (Å²) in [7, 11) is -3.73. The van der Waals surface area contributed by atoms with E-state index in [1.807, 2.05) is 0 Å². The SMILES string of the molecule is CS(=O)(=O)N(Cc1ccccc1Cl)c1ccc(C(C(N)=O)c2ccc(C(F)(F)F)c(F)c2)cc1. The normalized spacial score (nSPS) is 12.9. The Kier molecular flexibility index (Phi) is 7.23. The third-order valence-corrected chi connectivity index (χ3v) is 6.61. The summed E-state index contributed by atoms with van der Waals surface area (Å²) in [6.07, 6.45) is -3.86. The van der Waals surface area contributed by atoms with Crippen LogP contribution in [0.2, 0.25) is 5.02 Å². The standard InChI is InChI=1S/C23H19ClF4N2O3S/c1-34(32,33)30(13-16-4-2-3-5-19(16)24)17-9-6-14(7-10-17)21(22(29)31)15-8-11-18(20(25)12-15)23(26,27)28/h2-12,21H,13H2,1H3,(H2,29,31). The molecule has 3 aromatic rings. The topological polar surface area (TPSA) is 80.5 Å². The van der Waals surface area contributed by atoms with Gasteiger partial charge in [-0.15, -0.1) is 0 Å². The highest BCUT2D eigenvalue weighted by atomic mass is 35.5. The molecule has 2 N–H and O–H groups in total. The molecule has 1 unspecified atom stereocenters. The number of amides is 1. The van der Waals surface area contributed by atoms with E-state index in [9.17, 15) is 30.8 Å². The van der Waals surface area contributed by atoms with E-state index in [1.54, 1.807) is 24.3 Å². The van der Waals surface area contributed by atoms with Crippen LogP contribution in [0, 0.1) is 5.82 Å². The third kappa shape index (κ3) is 5.68. The van der Waals surface area contributed by atoms with Gasteiger partial charge < -0.3 is 5.73 Å². The molecule has 0 heterocycles. The second-order valence-electron chi connectivity index (χ2n) is 7.53. The predicted molar refractivity (Wildman–Crippen MR) is 121 cm³/mol. The molecule has 0 aliphatic heterocycles. The minimum atomic E-state index is -4.89. The number of sulfonamides is 1. The van der Waals surface area contributed by atoms with Crippen molar-refractivity contribution in [2.24, 2.45) is 5.73 Å². The molecule has 0 radical (unpaired) electrons. The fourth-order valence-corrected chi connectivity index (χ4v) is 4.55. The van der Waals surface area contributed by atoms with Crippen molar-refractivity contribution in [1.82, 2.24) is 0 Å². The summed E-state index contributed by atoms with van der Waals surface area (Å²) in [6, 6.07) is 14.5. The number of benzene rings is 3. The average Bonchev–Trinajstić information content (AvgIpc) is 2.72. The van der Waals surface area contributed by atoms with Gasteiger partial charge in [-0.05, 0) is 47.0 Å². The molecule has 5 nitrogen and oxygen atoms in total. The zero-order chi connectivity index (χ0) is 25.3. The summed E-state index contributed by atoms with van der Waals surface area (Å²) in [4.78, 5) is 12.1. The second kappa shape index (κ2) is 9.63. The molecule has 0 saturated carbocycles. The van der Waals surface area contributed by atoms with Gasteiger partial charge in [0.15, 0.2) is 0 Å². The molecule has 3 rings (SSSR count). The number of primary amides is 1. The number of nitrogens with zero attached hydrogens (tertiary/aromatic N) is 1. The second-order valence-corrected chi connectivity index (χ2v) is 9.84. The maximum Gasteiger partial charge on any atom is 0.419 e. The van der Waals surface area contributed by atoms with Crippen LogP contribution in [0.5, 0.6) is 0 Å². The molecule has 1 atom stereocenters. The first-order valence-corrected chi connectivity index (χ1v) is 12.0. The van der Waals surface area contributed by atoms with Crippen molar-refractivity contribution in [3.8, 4) is 0 Å². The molecule has 0 aliphatic rings. The van der Waals surface area contributed by atoms with E-state index in [0.29, 0.717) is 22.7 Å². The van der Waals surface area contributed by atoms with Gasteiger partial charge in [-0.2, -0.15) is 13.2 Å². The molecule has 1 amide bonds. The van der Waals surface area contributed by atoms with E-state index in [1.165, 1.54) is 24.3 Å². The molecule has 0 fully saturated rings. The Hall–Kier alpha value is -3.11. The Labute approximate surface area is 198 Å². The first kappa shape index (κ1) is 25.5. The van der Waals surface area contributed by atoms with E-state index < -0.39 is 39.4 Å². The highest BCUT2D eigenvalue weighted by Gasteiger charge is 2.35. The summed E-state index contributed by atoms with van der Waals surface area (Å²) < 4.78 is 78.6. The summed E-state index contributed by atoms with van der Waals surface area (Å²) >= 11 is 6.15. The number of halogens is 5. The van der Waals surface area contributed by atoms with Crippen LogP contribution in [0.25, 0.3) is 0 Å². The van der Waals surface area contributed by atoms with Crippen LogP contribution in [-0.2, 0) is 27.5 Å². The Bertz CT molecular complexity index is 1310. The molecule has 0 aromatic heterocycles. The molecule has 0 aliphatic carbocycles. The van der Waals surface area contributed by atoms with Crippen molar-refractivity contribution in [1.29, 1.82) is 0 Å². The Balaban J connectivity index is 1.97. The zero-order valence-electron chi connectivity index (χ0n) is 17.7. The van der Waals surface area contributed by atoms with Gasteiger partial charge in [-0.1, -0.05) is 48.0 Å². The minimum Gasteiger partial charge on any atom is -0.369 e. The fourth-order valence-electron chi connectivity index (χ4n) is 3.48. The Morgan fingerprint density at radius 2 is 1.62 bits per heavy atom. The van der Waals surface area contributed by atoms with Crippen LogP contribution in [-0.4, -0.2) is 20.6 Å². The van der Waals surface area contributed by atoms with Crippen molar-refractivity contribution in [3.63, 3.8) is 0 Å². The monoisotopic (exact) mass is 514 g/mol. The Morgan fingerprint density at radius 3 is 2.12 bits per heavy atom. The van der Waals surface area contributed by atoms with E-state index in [2.05, 4.69) is 0 Å². The maximum absolute atomic E-state index is 14.1. The van der Waals surface area contributed by atoms with Gasteiger partial charge in [0.2, 0.25) is 15.9 Å². The van der Waals surface area contributed by atoms with E-state index >= 15 is 0 Å². The number of anilines is 1. The van der Waals surface area contributed by atoms with Gasteiger partial charge in [0.1, 0.15) is 5.82 Å². The van der Waals surface area contributed by atoms with Crippen LogP contribution in [0.15, 0.2) is 66.7 Å². The summed E-state index contributed by atoms with van der Waals surface area (Å²) in [5, 5.41) is 0.380. The first-order chi connectivity index (χ1) is 15.8. The molecule has 0 saturated heterocycles. The van der Waals surface area contributed by atoms with E-state index in [-0.39, 0.29) is 23.4 Å².